The zero-order valence-electron chi connectivity index (χ0n) is 15.7. The highest BCUT2D eigenvalue weighted by Crippen LogP contribution is 2.40. The van der Waals surface area contributed by atoms with Crippen LogP contribution in [0.15, 0.2) is 61.2 Å². The van der Waals surface area contributed by atoms with Crippen LogP contribution in [0.25, 0.3) is 11.1 Å². The molecule has 0 radical (unpaired) electrons. The van der Waals surface area contributed by atoms with E-state index in [4.69, 9.17) is 23.2 Å². The van der Waals surface area contributed by atoms with Crippen molar-refractivity contribution in [1.82, 2.24) is 14.9 Å². The van der Waals surface area contributed by atoms with Crippen LogP contribution in [0, 0.1) is 0 Å². The number of aliphatic carboxylic acids is 1. The van der Waals surface area contributed by atoms with Crippen molar-refractivity contribution < 1.29 is 14.7 Å². The third-order valence-electron chi connectivity index (χ3n) is 5.26. The zero-order valence-corrected chi connectivity index (χ0v) is 17.2. The van der Waals surface area contributed by atoms with Crippen LogP contribution >= 0.6 is 23.2 Å². The van der Waals surface area contributed by atoms with Crippen LogP contribution in [0.5, 0.6) is 0 Å². The van der Waals surface area contributed by atoms with Gasteiger partial charge in [-0.15, -0.1) is 0 Å². The molecule has 2 aromatic carbocycles. The van der Waals surface area contributed by atoms with E-state index >= 15 is 0 Å². The molecule has 1 amide bonds. The fourth-order valence-electron chi connectivity index (χ4n) is 3.86. The van der Waals surface area contributed by atoms with Crippen LogP contribution in [-0.2, 0) is 4.79 Å². The van der Waals surface area contributed by atoms with Gasteiger partial charge in [-0.2, -0.15) is 0 Å². The van der Waals surface area contributed by atoms with E-state index in [1.54, 1.807) is 42.7 Å². The van der Waals surface area contributed by atoms with Crippen LogP contribution < -0.4 is 0 Å². The van der Waals surface area contributed by atoms with Gasteiger partial charge < -0.3 is 10.0 Å². The van der Waals surface area contributed by atoms with E-state index in [0.717, 1.165) is 11.1 Å². The maximum absolute atomic E-state index is 13.4. The van der Waals surface area contributed by atoms with Crippen molar-refractivity contribution in [3.05, 3.63) is 82.4 Å². The summed E-state index contributed by atoms with van der Waals surface area (Å²) in [5.74, 6) is -1.44. The van der Waals surface area contributed by atoms with Crippen molar-refractivity contribution in [3.8, 4) is 11.1 Å². The molecule has 0 spiro atoms. The molecule has 30 heavy (non-hydrogen) atoms. The molecule has 0 saturated carbocycles. The number of carboxylic acid groups (broad SMARTS) is 1. The van der Waals surface area contributed by atoms with Crippen LogP contribution in [0.4, 0.5) is 0 Å². The summed E-state index contributed by atoms with van der Waals surface area (Å²) in [5, 5.41) is 10.6. The van der Waals surface area contributed by atoms with E-state index in [2.05, 4.69) is 9.97 Å². The van der Waals surface area contributed by atoms with Crippen molar-refractivity contribution in [2.45, 2.75) is 24.9 Å². The molecule has 0 aliphatic carbocycles. The highest BCUT2D eigenvalue weighted by atomic mass is 35.5. The minimum Gasteiger partial charge on any atom is -0.480 e. The SMILES string of the molecule is O=C(O)C1CCC(c2ccccc2Cl)N1C(=O)c1ccc(-c2cncnc2)c(Cl)c1. The normalized spacial score (nSPS) is 18.4. The Kier molecular flexibility index (Phi) is 5.70. The van der Waals surface area contributed by atoms with Crippen LogP contribution in [-0.4, -0.2) is 37.9 Å². The van der Waals surface area contributed by atoms with Gasteiger partial charge in [-0.25, -0.2) is 14.8 Å². The van der Waals surface area contributed by atoms with Crippen molar-refractivity contribution >= 4 is 35.1 Å². The number of carbonyl (C=O) groups excluding carboxylic acids is 1. The highest BCUT2D eigenvalue weighted by molar-refractivity contribution is 6.33. The first kappa shape index (κ1) is 20.3. The standard InChI is InChI=1S/C22H17Cl2N3O3/c23-17-4-2-1-3-16(17)19-7-8-20(22(29)30)27(19)21(28)13-5-6-15(18(24)9-13)14-10-25-12-26-11-14/h1-6,9-12,19-20H,7-8H2,(H,29,30). The Bertz CT molecular complexity index is 1110. The lowest BCUT2D eigenvalue weighted by Gasteiger charge is -2.29. The summed E-state index contributed by atoms with van der Waals surface area (Å²) in [4.78, 5) is 34.6. The molecule has 2 unspecified atom stereocenters. The quantitative estimate of drug-likeness (QED) is 0.623. The first-order valence-electron chi connectivity index (χ1n) is 9.32. The predicted molar refractivity (Wildman–Crippen MR) is 113 cm³/mol. The Balaban J connectivity index is 1.71. The third kappa shape index (κ3) is 3.76. The fraction of sp³-hybridized carbons (Fsp3) is 0.182. The molecule has 3 aromatic rings. The summed E-state index contributed by atoms with van der Waals surface area (Å²) in [6, 6.07) is 10.7. The molecule has 1 aliphatic rings. The monoisotopic (exact) mass is 441 g/mol. The highest BCUT2D eigenvalue weighted by Gasteiger charge is 2.42. The largest absolute Gasteiger partial charge is 0.480 e. The molecule has 4 rings (SSSR count). The number of benzene rings is 2. The van der Waals surface area contributed by atoms with Crippen molar-refractivity contribution in [3.63, 3.8) is 0 Å². The molecule has 6 nitrogen and oxygen atoms in total. The van der Waals surface area contributed by atoms with Gasteiger partial charge in [-0.05, 0) is 36.6 Å². The number of rotatable bonds is 4. The third-order valence-corrected chi connectivity index (χ3v) is 5.91. The van der Waals surface area contributed by atoms with E-state index in [0.29, 0.717) is 34.0 Å². The Morgan fingerprint density at radius 3 is 2.40 bits per heavy atom. The van der Waals surface area contributed by atoms with E-state index < -0.39 is 24.0 Å². The van der Waals surface area contributed by atoms with Crippen LogP contribution in [0.3, 0.4) is 0 Å². The maximum Gasteiger partial charge on any atom is 0.326 e. The molecule has 8 heteroatoms. The summed E-state index contributed by atoms with van der Waals surface area (Å²) in [6.45, 7) is 0. The second-order valence-corrected chi connectivity index (χ2v) is 7.82. The molecular weight excluding hydrogens is 425 g/mol. The van der Waals surface area contributed by atoms with Gasteiger partial charge in [0.15, 0.2) is 0 Å². The Hall–Kier alpha value is -2.96. The topological polar surface area (TPSA) is 83.4 Å². The number of likely N-dealkylation sites (tertiary alicyclic amines) is 1. The number of halogens is 2. The van der Waals surface area contributed by atoms with E-state index in [1.165, 1.54) is 11.2 Å². The first-order valence-corrected chi connectivity index (χ1v) is 10.1. The summed E-state index contributed by atoms with van der Waals surface area (Å²) < 4.78 is 0. The van der Waals surface area contributed by atoms with Crippen LogP contribution in [0.1, 0.15) is 34.8 Å². The van der Waals surface area contributed by atoms with Gasteiger partial charge in [0, 0.05) is 39.1 Å². The fourth-order valence-corrected chi connectivity index (χ4v) is 4.41. The molecule has 1 saturated heterocycles. The van der Waals surface area contributed by atoms with E-state index in [-0.39, 0.29) is 0 Å². The van der Waals surface area contributed by atoms with Gasteiger partial charge in [-0.1, -0.05) is 47.5 Å². The smallest absolute Gasteiger partial charge is 0.326 e. The minimum absolute atomic E-state index is 0.311. The number of carbonyl (C=O) groups is 2. The predicted octanol–water partition coefficient (Wildman–Crippen LogP) is 4.88. The summed E-state index contributed by atoms with van der Waals surface area (Å²) in [7, 11) is 0. The second-order valence-electron chi connectivity index (χ2n) is 7.00. The Morgan fingerprint density at radius 2 is 1.73 bits per heavy atom. The van der Waals surface area contributed by atoms with Crippen molar-refractivity contribution in [2.75, 3.05) is 0 Å². The number of hydrogen-bond acceptors (Lipinski definition) is 4. The van der Waals surface area contributed by atoms with Gasteiger partial charge in [0.25, 0.3) is 5.91 Å². The molecule has 2 heterocycles. The van der Waals surface area contributed by atoms with Gasteiger partial charge in [0.1, 0.15) is 12.4 Å². The van der Waals surface area contributed by atoms with E-state index in [1.807, 2.05) is 12.1 Å². The lowest BCUT2D eigenvalue weighted by molar-refractivity contribution is -0.141. The minimum atomic E-state index is -1.04. The number of hydrogen-bond donors (Lipinski definition) is 1. The molecule has 152 valence electrons. The number of amides is 1. The number of carboxylic acids is 1. The molecule has 1 fully saturated rings. The molecule has 1 N–H and O–H groups in total. The maximum atomic E-state index is 13.4. The lowest BCUT2D eigenvalue weighted by atomic mass is 10.0. The molecule has 1 aromatic heterocycles. The number of aromatic nitrogens is 2. The van der Waals surface area contributed by atoms with Crippen LogP contribution in [0.2, 0.25) is 10.0 Å². The second kappa shape index (κ2) is 8.42. The number of nitrogens with zero attached hydrogens (tertiary/aromatic N) is 3. The molecular formula is C22H17Cl2N3O3. The zero-order chi connectivity index (χ0) is 21.3. The first-order chi connectivity index (χ1) is 14.5. The molecule has 0 bridgehead atoms. The lowest BCUT2D eigenvalue weighted by Crippen LogP contribution is -2.41. The van der Waals surface area contributed by atoms with Gasteiger partial charge >= 0.3 is 5.97 Å². The summed E-state index contributed by atoms with van der Waals surface area (Å²) in [6.07, 6.45) is 5.54. The Morgan fingerprint density at radius 1 is 1.00 bits per heavy atom. The summed E-state index contributed by atoms with van der Waals surface area (Å²) >= 11 is 12.8. The Labute approximate surface area is 183 Å². The van der Waals surface area contributed by atoms with Gasteiger partial charge in [-0.3, -0.25) is 4.79 Å². The summed E-state index contributed by atoms with van der Waals surface area (Å²) in [5.41, 5.74) is 2.46. The van der Waals surface area contributed by atoms with Gasteiger partial charge in [0.05, 0.1) is 6.04 Å². The molecule has 1 aliphatic heterocycles. The van der Waals surface area contributed by atoms with Crippen molar-refractivity contribution in [1.29, 1.82) is 0 Å². The molecule has 2 atom stereocenters. The average Bonchev–Trinajstić information content (AvgIpc) is 3.19. The van der Waals surface area contributed by atoms with Gasteiger partial charge in [0.2, 0.25) is 0 Å². The van der Waals surface area contributed by atoms with E-state index in [9.17, 15) is 14.7 Å². The van der Waals surface area contributed by atoms with Crippen molar-refractivity contribution in [2.24, 2.45) is 0 Å². The average molecular weight is 442 g/mol.